The van der Waals surface area contributed by atoms with Crippen LogP contribution < -0.4 is 16.0 Å². The number of hydrogen-bond acceptors (Lipinski definition) is 4. The molecule has 0 saturated carbocycles. The first-order valence-corrected chi connectivity index (χ1v) is 9.58. The molecule has 0 atom stereocenters. The summed E-state index contributed by atoms with van der Waals surface area (Å²) in [7, 11) is 0. The molecule has 1 aromatic heterocycles. The quantitative estimate of drug-likeness (QED) is 0.344. The number of aliphatic imine (C=N–C) groups is 1. The van der Waals surface area contributed by atoms with Gasteiger partial charge in [0.05, 0.1) is 11.9 Å². The molecule has 0 radical (unpaired) electrons. The number of nitriles is 1. The molecule has 0 aliphatic heterocycles. The Morgan fingerprint density at radius 1 is 1.25 bits per heavy atom. The van der Waals surface area contributed by atoms with Crippen LogP contribution in [0.5, 0.6) is 0 Å². The lowest BCUT2D eigenvalue weighted by molar-refractivity contribution is 0.0937. The van der Waals surface area contributed by atoms with Gasteiger partial charge in [0.2, 0.25) is 12.2 Å². The molecule has 0 aliphatic carbocycles. The molecule has 0 aliphatic rings. The molecule has 28 heavy (non-hydrogen) atoms. The summed E-state index contributed by atoms with van der Waals surface area (Å²) in [6, 6.07) is 8.53. The highest BCUT2D eigenvalue weighted by Crippen LogP contribution is 2.15. The number of anilines is 1. The highest BCUT2D eigenvalue weighted by Gasteiger charge is 2.20. The number of carbonyl (C=O) groups is 1. The number of guanidine groups is 1. The highest BCUT2D eigenvalue weighted by atomic mass is 79.9. The number of pyridine rings is 1. The fraction of sp³-hybridized carbons (Fsp3) is 0.263. The first-order valence-electron chi connectivity index (χ1n) is 8.41. The number of hydrogen-bond donors (Lipinski definition) is 3. The van der Waals surface area contributed by atoms with Crippen molar-refractivity contribution in [3.8, 4) is 6.19 Å². The van der Waals surface area contributed by atoms with Gasteiger partial charge in [0, 0.05) is 34.3 Å². The van der Waals surface area contributed by atoms with E-state index in [-0.39, 0.29) is 11.3 Å². The summed E-state index contributed by atoms with van der Waals surface area (Å²) in [5.41, 5.74) is 0.934. The van der Waals surface area contributed by atoms with Gasteiger partial charge in [0.1, 0.15) is 0 Å². The van der Waals surface area contributed by atoms with Gasteiger partial charge in [-0.25, -0.2) is 0 Å². The Kier molecular flexibility index (Phi) is 7.79. The van der Waals surface area contributed by atoms with E-state index in [0.29, 0.717) is 35.3 Å². The largest absolute Gasteiger partial charge is 0.355 e. The summed E-state index contributed by atoms with van der Waals surface area (Å²) in [6.07, 6.45) is 5.05. The summed E-state index contributed by atoms with van der Waals surface area (Å²) >= 11 is 9.19. The van der Waals surface area contributed by atoms with Crippen LogP contribution in [0.15, 0.2) is 52.2 Å². The van der Waals surface area contributed by atoms with E-state index in [2.05, 4.69) is 41.9 Å². The maximum Gasteiger partial charge on any atom is 0.251 e. The van der Waals surface area contributed by atoms with Crippen LogP contribution in [0, 0.1) is 16.9 Å². The van der Waals surface area contributed by atoms with Gasteiger partial charge in [-0.2, -0.15) is 5.26 Å². The van der Waals surface area contributed by atoms with Gasteiger partial charge in [0.25, 0.3) is 5.91 Å². The van der Waals surface area contributed by atoms with Crippen LogP contribution in [0.2, 0.25) is 5.02 Å². The zero-order chi connectivity index (χ0) is 20.6. The Bertz CT molecular complexity index is 892. The Hall–Kier alpha value is -2.63. The molecule has 0 spiro atoms. The topological polar surface area (TPSA) is 102 Å². The predicted octanol–water partition coefficient (Wildman–Crippen LogP) is 3.79. The molecular formula is C19H20BrClN6O. The van der Waals surface area contributed by atoms with Crippen molar-refractivity contribution in [3.63, 3.8) is 0 Å². The molecule has 1 aromatic carbocycles. The van der Waals surface area contributed by atoms with Crippen molar-refractivity contribution in [2.24, 2.45) is 10.4 Å². The van der Waals surface area contributed by atoms with Crippen molar-refractivity contribution in [2.45, 2.75) is 13.8 Å². The smallest absolute Gasteiger partial charge is 0.251 e. The van der Waals surface area contributed by atoms with Crippen molar-refractivity contribution in [2.75, 3.05) is 18.4 Å². The van der Waals surface area contributed by atoms with E-state index < -0.39 is 0 Å². The SMILES string of the molecule is CC(C)(CNC(=O)c1ccc(Cl)cc1)CNC(=NC#N)Nc1cncc(Br)c1. The van der Waals surface area contributed by atoms with Crippen LogP contribution in [0.1, 0.15) is 24.2 Å². The lowest BCUT2D eigenvalue weighted by Gasteiger charge is -2.26. The number of rotatable bonds is 6. The Morgan fingerprint density at radius 3 is 2.57 bits per heavy atom. The summed E-state index contributed by atoms with van der Waals surface area (Å²) in [5, 5.41) is 18.5. The molecule has 146 valence electrons. The number of nitrogens with one attached hydrogen (secondary N) is 3. The van der Waals surface area contributed by atoms with Gasteiger partial charge in [-0.15, -0.1) is 4.99 Å². The molecule has 0 unspecified atom stereocenters. The van der Waals surface area contributed by atoms with E-state index in [0.717, 1.165) is 4.47 Å². The van der Waals surface area contributed by atoms with E-state index in [9.17, 15) is 4.79 Å². The monoisotopic (exact) mass is 462 g/mol. The van der Waals surface area contributed by atoms with Crippen LogP contribution in [0.3, 0.4) is 0 Å². The molecule has 7 nitrogen and oxygen atoms in total. The second-order valence-corrected chi connectivity index (χ2v) is 8.14. The number of nitrogens with zero attached hydrogens (tertiary/aromatic N) is 3. The number of aromatic nitrogens is 1. The van der Waals surface area contributed by atoms with E-state index in [1.54, 1.807) is 42.9 Å². The van der Waals surface area contributed by atoms with Crippen LogP contribution in [0.4, 0.5) is 5.69 Å². The fourth-order valence-electron chi connectivity index (χ4n) is 2.19. The normalized spacial score (nSPS) is 11.5. The number of amides is 1. The van der Waals surface area contributed by atoms with Crippen molar-refractivity contribution in [3.05, 3.63) is 57.8 Å². The molecule has 2 rings (SSSR count). The molecule has 3 N–H and O–H groups in total. The maximum absolute atomic E-state index is 12.3. The van der Waals surface area contributed by atoms with Crippen LogP contribution in [-0.4, -0.2) is 29.9 Å². The third kappa shape index (κ3) is 7.18. The second kappa shape index (κ2) is 10.1. The van der Waals surface area contributed by atoms with Gasteiger partial charge < -0.3 is 16.0 Å². The summed E-state index contributed by atoms with van der Waals surface area (Å²) in [6.45, 7) is 4.89. The second-order valence-electron chi connectivity index (χ2n) is 6.78. The first-order chi connectivity index (χ1) is 13.3. The lowest BCUT2D eigenvalue weighted by atomic mass is 9.93. The maximum atomic E-state index is 12.3. The molecule has 0 fully saturated rings. The van der Waals surface area contributed by atoms with Gasteiger partial charge in [0.15, 0.2) is 0 Å². The molecule has 1 amide bonds. The molecule has 9 heteroatoms. The van der Waals surface area contributed by atoms with Gasteiger partial charge in [-0.1, -0.05) is 25.4 Å². The zero-order valence-corrected chi connectivity index (χ0v) is 17.8. The predicted molar refractivity (Wildman–Crippen MR) is 114 cm³/mol. The van der Waals surface area contributed by atoms with Gasteiger partial charge in [-0.3, -0.25) is 9.78 Å². The molecule has 0 saturated heterocycles. The minimum atomic E-state index is -0.296. The average molecular weight is 464 g/mol. The van der Waals surface area contributed by atoms with E-state index in [4.69, 9.17) is 16.9 Å². The summed E-state index contributed by atoms with van der Waals surface area (Å²) in [5.74, 6) is 0.133. The fourth-order valence-corrected chi connectivity index (χ4v) is 2.68. The van der Waals surface area contributed by atoms with Crippen molar-refractivity contribution < 1.29 is 4.79 Å². The molecule has 1 heterocycles. The van der Waals surface area contributed by atoms with Crippen molar-refractivity contribution >= 4 is 45.1 Å². The Balaban J connectivity index is 1.90. The third-order valence-corrected chi connectivity index (χ3v) is 4.38. The minimum absolute atomic E-state index is 0.172. The van der Waals surface area contributed by atoms with Crippen LogP contribution in [-0.2, 0) is 0 Å². The summed E-state index contributed by atoms with van der Waals surface area (Å²) < 4.78 is 0.805. The average Bonchev–Trinajstić information content (AvgIpc) is 2.65. The molecular weight excluding hydrogens is 444 g/mol. The number of halogens is 2. The van der Waals surface area contributed by atoms with Gasteiger partial charge in [-0.05, 0) is 51.7 Å². The highest BCUT2D eigenvalue weighted by molar-refractivity contribution is 9.10. The Morgan fingerprint density at radius 2 is 1.93 bits per heavy atom. The van der Waals surface area contributed by atoms with E-state index in [1.807, 2.05) is 19.9 Å². The minimum Gasteiger partial charge on any atom is -0.355 e. The summed E-state index contributed by atoms with van der Waals surface area (Å²) in [4.78, 5) is 20.1. The standard InChI is InChI=1S/C19H20BrClN6O/c1-19(2,10-24-17(28)13-3-5-15(21)6-4-13)11-25-18(26-12-22)27-16-7-14(20)8-23-9-16/h3-9H,10-11H2,1-2H3,(H,24,28)(H2,25,26,27). The lowest BCUT2D eigenvalue weighted by Crippen LogP contribution is -2.43. The molecule has 0 bridgehead atoms. The van der Waals surface area contributed by atoms with Crippen LogP contribution in [0.25, 0.3) is 0 Å². The first kappa shape index (κ1) is 21.7. The number of benzene rings is 1. The van der Waals surface area contributed by atoms with Gasteiger partial charge >= 0.3 is 0 Å². The third-order valence-electron chi connectivity index (χ3n) is 3.70. The molecule has 2 aromatic rings. The van der Waals surface area contributed by atoms with E-state index in [1.165, 1.54) is 0 Å². The van der Waals surface area contributed by atoms with Crippen molar-refractivity contribution in [1.82, 2.24) is 15.6 Å². The number of carbonyl (C=O) groups excluding carboxylic acids is 1. The van der Waals surface area contributed by atoms with Crippen molar-refractivity contribution in [1.29, 1.82) is 5.26 Å². The zero-order valence-electron chi connectivity index (χ0n) is 15.5. The van der Waals surface area contributed by atoms with E-state index >= 15 is 0 Å². The Labute approximate surface area is 177 Å². The van der Waals surface area contributed by atoms with Crippen LogP contribution >= 0.6 is 27.5 Å².